The molecule has 0 atom stereocenters. The van der Waals surface area contributed by atoms with Crippen molar-refractivity contribution in [2.45, 2.75) is 32.4 Å². The molecule has 1 aromatic carbocycles. The molecule has 2 aromatic rings. The van der Waals surface area contributed by atoms with Crippen LogP contribution in [0.25, 0.3) is 0 Å². The molecule has 0 bridgehead atoms. The molecule has 0 aliphatic carbocycles. The summed E-state index contributed by atoms with van der Waals surface area (Å²) in [6.45, 7) is 5.10. The van der Waals surface area contributed by atoms with Crippen molar-refractivity contribution in [1.29, 1.82) is 0 Å². The number of aryl methyl sites for hydroxylation is 1. The Morgan fingerprint density at radius 3 is 2.53 bits per heavy atom. The minimum atomic E-state index is -4.30. The Bertz CT molecular complexity index is 861. The van der Waals surface area contributed by atoms with Crippen LogP contribution in [0.4, 0.5) is 13.2 Å². The SMILES string of the molecule is Cc1cccc(C(=O)N(C)CC2CCN(CCc3cccc(C(F)(F)F)c3)CC2)n1. The van der Waals surface area contributed by atoms with Crippen LogP contribution in [0.1, 0.15) is 40.2 Å². The third-order valence-electron chi connectivity index (χ3n) is 5.66. The van der Waals surface area contributed by atoms with Gasteiger partial charge in [0.25, 0.3) is 5.91 Å². The predicted octanol–water partition coefficient (Wildman–Crippen LogP) is 4.44. The first-order valence-electron chi connectivity index (χ1n) is 10.3. The summed E-state index contributed by atoms with van der Waals surface area (Å²) in [6, 6.07) is 11.0. The van der Waals surface area contributed by atoms with Crippen molar-refractivity contribution in [3.63, 3.8) is 0 Å². The minimum absolute atomic E-state index is 0.0642. The number of piperidine rings is 1. The molecule has 1 saturated heterocycles. The highest BCUT2D eigenvalue weighted by Gasteiger charge is 2.30. The van der Waals surface area contributed by atoms with Crippen LogP contribution in [0.5, 0.6) is 0 Å². The molecule has 1 aliphatic heterocycles. The number of benzene rings is 1. The van der Waals surface area contributed by atoms with Gasteiger partial charge >= 0.3 is 6.18 Å². The summed E-state index contributed by atoms with van der Waals surface area (Å²) in [5, 5.41) is 0. The maximum absolute atomic E-state index is 12.9. The van der Waals surface area contributed by atoms with Crippen LogP contribution in [-0.4, -0.2) is 53.9 Å². The Labute approximate surface area is 175 Å². The quantitative estimate of drug-likeness (QED) is 0.695. The number of carbonyl (C=O) groups is 1. The Morgan fingerprint density at radius 1 is 1.17 bits per heavy atom. The molecule has 0 saturated carbocycles. The molecule has 1 aromatic heterocycles. The van der Waals surface area contributed by atoms with Gasteiger partial charge in [0.15, 0.2) is 0 Å². The van der Waals surface area contributed by atoms with Gasteiger partial charge in [-0.15, -0.1) is 0 Å². The van der Waals surface area contributed by atoms with Gasteiger partial charge < -0.3 is 9.80 Å². The lowest BCUT2D eigenvalue weighted by atomic mass is 9.95. The molecule has 7 heteroatoms. The van der Waals surface area contributed by atoms with Gasteiger partial charge in [-0.3, -0.25) is 4.79 Å². The lowest BCUT2D eigenvalue weighted by molar-refractivity contribution is -0.137. The topological polar surface area (TPSA) is 36.4 Å². The molecule has 1 amide bonds. The van der Waals surface area contributed by atoms with Gasteiger partial charge in [-0.1, -0.05) is 24.3 Å². The highest BCUT2D eigenvalue weighted by molar-refractivity contribution is 5.92. The van der Waals surface area contributed by atoms with Gasteiger partial charge in [0.1, 0.15) is 5.69 Å². The van der Waals surface area contributed by atoms with E-state index in [0.29, 0.717) is 30.1 Å². The van der Waals surface area contributed by atoms with E-state index in [9.17, 15) is 18.0 Å². The van der Waals surface area contributed by atoms with E-state index in [2.05, 4.69) is 9.88 Å². The van der Waals surface area contributed by atoms with E-state index >= 15 is 0 Å². The zero-order valence-corrected chi connectivity index (χ0v) is 17.5. The van der Waals surface area contributed by atoms with Crippen molar-refractivity contribution in [3.8, 4) is 0 Å². The third kappa shape index (κ3) is 6.05. The van der Waals surface area contributed by atoms with Crippen LogP contribution < -0.4 is 0 Å². The van der Waals surface area contributed by atoms with Crippen molar-refractivity contribution in [3.05, 3.63) is 65.0 Å². The predicted molar refractivity (Wildman–Crippen MR) is 110 cm³/mol. The van der Waals surface area contributed by atoms with E-state index in [1.807, 2.05) is 26.1 Å². The van der Waals surface area contributed by atoms with Crippen LogP contribution in [0.2, 0.25) is 0 Å². The molecule has 2 heterocycles. The largest absolute Gasteiger partial charge is 0.416 e. The van der Waals surface area contributed by atoms with Crippen molar-refractivity contribution in [1.82, 2.24) is 14.8 Å². The number of carbonyl (C=O) groups excluding carboxylic acids is 1. The van der Waals surface area contributed by atoms with Crippen LogP contribution in [0.15, 0.2) is 42.5 Å². The molecular weight excluding hydrogens is 391 g/mol. The monoisotopic (exact) mass is 419 g/mol. The van der Waals surface area contributed by atoms with E-state index in [1.165, 1.54) is 12.1 Å². The number of aromatic nitrogens is 1. The Hall–Kier alpha value is -2.41. The Morgan fingerprint density at radius 2 is 1.87 bits per heavy atom. The Balaban J connectivity index is 1.44. The zero-order chi connectivity index (χ0) is 21.7. The number of nitrogens with zero attached hydrogens (tertiary/aromatic N) is 3. The first-order chi connectivity index (χ1) is 14.2. The molecule has 1 fully saturated rings. The molecule has 0 N–H and O–H groups in total. The summed E-state index contributed by atoms with van der Waals surface area (Å²) >= 11 is 0. The van der Waals surface area contributed by atoms with E-state index in [4.69, 9.17) is 0 Å². The van der Waals surface area contributed by atoms with Crippen molar-refractivity contribution in [2.75, 3.05) is 33.2 Å². The molecule has 0 radical (unpaired) electrons. The number of hydrogen-bond donors (Lipinski definition) is 0. The summed E-state index contributed by atoms with van der Waals surface area (Å²) in [4.78, 5) is 20.9. The van der Waals surface area contributed by atoms with Gasteiger partial charge in [0.05, 0.1) is 5.56 Å². The molecule has 0 spiro atoms. The third-order valence-corrected chi connectivity index (χ3v) is 5.66. The van der Waals surface area contributed by atoms with Crippen molar-refractivity contribution < 1.29 is 18.0 Å². The molecule has 1 aliphatic rings. The number of halogens is 3. The number of likely N-dealkylation sites (tertiary alicyclic amines) is 1. The number of hydrogen-bond acceptors (Lipinski definition) is 3. The number of alkyl halides is 3. The summed E-state index contributed by atoms with van der Waals surface area (Å²) < 4.78 is 38.6. The maximum Gasteiger partial charge on any atom is 0.416 e. The van der Waals surface area contributed by atoms with Crippen LogP contribution in [0, 0.1) is 12.8 Å². The lowest BCUT2D eigenvalue weighted by Crippen LogP contribution is -2.40. The second-order valence-electron chi connectivity index (χ2n) is 8.08. The second kappa shape index (κ2) is 9.60. The van der Waals surface area contributed by atoms with E-state index in [1.54, 1.807) is 17.0 Å². The standard InChI is InChI=1S/C23H28F3N3O/c1-17-5-3-8-21(27-17)22(30)28(2)16-19-10-13-29(14-11-19)12-9-18-6-4-7-20(15-18)23(24,25)26/h3-8,15,19H,9-14,16H2,1-2H3. The average molecular weight is 419 g/mol. The van der Waals surface area contributed by atoms with Gasteiger partial charge in [0, 0.05) is 25.8 Å². The smallest absolute Gasteiger partial charge is 0.340 e. The minimum Gasteiger partial charge on any atom is -0.340 e. The van der Waals surface area contributed by atoms with E-state index in [-0.39, 0.29) is 5.91 Å². The fraction of sp³-hybridized carbons (Fsp3) is 0.478. The fourth-order valence-electron chi connectivity index (χ4n) is 3.91. The van der Waals surface area contributed by atoms with E-state index in [0.717, 1.165) is 44.2 Å². The zero-order valence-electron chi connectivity index (χ0n) is 17.5. The lowest BCUT2D eigenvalue weighted by Gasteiger charge is -2.34. The first-order valence-corrected chi connectivity index (χ1v) is 10.3. The van der Waals surface area contributed by atoms with Crippen molar-refractivity contribution >= 4 is 5.91 Å². The maximum atomic E-state index is 12.9. The normalized spacial score (nSPS) is 15.9. The summed E-state index contributed by atoms with van der Waals surface area (Å²) in [6.07, 6.45) is -1.75. The molecule has 30 heavy (non-hydrogen) atoms. The van der Waals surface area contributed by atoms with E-state index < -0.39 is 11.7 Å². The highest BCUT2D eigenvalue weighted by Crippen LogP contribution is 2.29. The Kier molecular flexibility index (Phi) is 7.13. The van der Waals surface area contributed by atoms with Gasteiger partial charge in [0.2, 0.25) is 0 Å². The number of pyridine rings is 1. The first kappa shape index (κ1) is 22.3. The van der Waals surface area contributed by atoms with Gasteiger partial charge in [-0.2, -0.15) is 13.2 Å². The molecule has 0 unspecified atom stereocenters. The average Bonchev–Trinajstić information content (AvgIpc) is 2.72. The molecule has 4 nitrogen and oxygen atoms in total. The molecule has 3 rings (SSSR count). The second-order valence-corrected chi connectivity index (χ2v) is 8.08. The summed E-state index contributed by atoms with van der Waals surface area (Å²) in [5.41, 5.74) is 1.41. The number of amides is 1. The van der Waals surface area contributed by atoms with Gasteiger partial charge in [-0.05, 0) is 69.0 Å². The van der Waals surface area contributed by atoms with Crippen molar-refractivity contribution in [2.24, 2.45) is 5.92 Å². The molecular formula is C23H28F3N3O. The van der Waals surface area contributed by atoms with Crippen LogP contribution in [0.3, 0.4) is 0 Å². The van der Waals surface area contributed by atoms with Crippen LogP contribution in [-0.2, 0) is 12.6 Å². The fourth-order valence-corrected chi connectivity index (χ4v) is 3.91. The van der Waals surface area contributed by atoms with Crippen LogP contribution >= 0.6 is 0 Å². The number of rotatable bonds is 6. The van der Waals surface area contributed by atoms with Gasteiger partial charge in [-0.25, -0.2) is 4.98 Å². The summed E-state index contributed by atoms with van der Waals surface area (Å²) in [5.74, 6) is 0.360. The highest BCUT2D eigenvalue weighted by atomic mass is 19.4. The molecule has 162 valence electrons. The summed E-state index contributed by atoms with van der Waals surface area (Å²) in [7, 11) is 1.81.